The summed E-state index contributed by atoms with van der Waals surface area (Å²) in [6.07, 6.45) is 0. The number of carbonyl (C=O) groups excluding carboxylic acids is 1. The Morgan fingerprint density at radius 3 is 2.19 bits per heavy atom. The van der Waals surface area contributed by atoms with E-state index in [-0.39, 0.29) is 10.8 Å². The zero-order valence-electron chi connectivity index (χ0n) is 15.6. The van der Waals surface area contributed by atoms with Crippen LogP contribution in [0.5, 0.6) is 0 Å². The van der Waals surface area contributed by atoms with Gasteiger partial charge in [0.15, 0.2) is 0 Å². The number of carbonyl (C=O) groups is 1. The van der Waals surface area contributed by atoms with Crippen LogP contribution in [-0.4, -0.2) is 41.5 Å². The molecule has 2 aromatic carbocycles. The molecule has 1 heterocycles. The van der Waals surface area contributed by atoms with Crippen molar-refractivity contribution in [1.29, 1.82) is 0 Å². The third kappa shape index (κ3) is 2.82. The highest BCUT2D eigenvalue weighted by Crippen LogP contribution is 2.41. The molecule has 0 N–H and O–H groups in total. The van der Waals surface area contributed by atoms with E-state index < -0.39 is 16.1 Å². The maximum atomic E-state index is 13.3. The van der Waals surface area contributed by atoms with Crippen LogP contribution < -0.4 is 14.1 Å². The summed E-state index contributed by atoms with van der Waals surface area (Å²) in [6, 6.07) is 11.3. The number of anilines is 3. The third-order valence-corrected chi connectivity index (χ3v) is 6.59. The van der Waals surface area contributed by atoms with Crippen LogP contribution in [0.3, 0.4) is 0 Å². The van der Waals surface area contributed by atoms with Crippen molar-refractivity contribution < 1.29 is 13.2 Å². The quantitative estimate of drug-likeness (QED) is 0.830. The molecule has 1 amide bonds. The first-order valence-corrected chi connectivity index (χ1v) is 9.78. The summed E-state index contributed by atoms with van der Waals surface area (Å²) >= 11 is 0. The van der Waals surface area contributed by atoms with E-state index in [1.165, 1.54) is 9.21 Å². The molecular weight excluding hydrogens is 350 g/mol. The lowest BCUT2D eigenvalue weighted by atomic mass is 10.1. The number of rotatable bonds is 3. The smallest absolute Gasteiger partial charge is 0.265 e. The number of amides is 1. The topological polar surface area (TPSA) is 60.9 Å². The molecule has 0 spiro atoms. The zero-order chi connectivity index (χ0) is 19.2. The van der Waals surface area contributed by atoms with Gasteiger partial charge in [0.1, 0.15) is 6.04 Å². The summed E-state index contributed by atoms with van der Waals surface area (Å²) < 4.78 is 27.9. The Morgan fingerprint density at radius 1 is 1.00 bits per heavy atom. The molecule has 1 atom stereocenters. The Labute approximate surface area is 154 Å². The van der Waals surface area contributed by atoms with Gasteiger partial charge in [-0.15, -0.1) is 0 Å². The summed E-state index contributed by atoms with van der Waals surface area (Å²) in [5.41, 5.74) is 2.92. The Kier molecular flexibility index (Phi) is 4.44. The van der Waals surface area contributed by atoms with E-state index >= 15 is 0 Å². The van der Waals surface area contributed by atoms with E-state index in [2.05, 4.69) is 0 Å². The summed E-state index contributed by atoms with van der Waals surface area (Å²) in [5.74, 6) is -0.259. The SMILES string of the molecule is Cc1ccc(S(=O)(=O)N2c3cc(N(C)C)ccc3N(C)C(=O)[C@@H]2C)cc1. The van der Waals surface area contributed by atoms with E-state index in [1.807, 2.05) is 32.0 Å². The standard InChI is InChI=1S/C19H23N3O3S/c1-13-6-9-16(10-7-13)26(24,25)22-14(2)19(23)21(5)17-11-8-15(20(3)4)12-18(17)22/h6-12,14H,1-5H3/t14-/m0/s1. The lowest BCUT2D eigenvalue weighted by Gasteiger charge is -2.39. The third-order valence-electron chi connectivity index (χ3n) is 4.69. The predicted molar refractivity (Wildman–Crippen MR) is 104 cm³/mol. The minimum absolute atomic E-state index is 0.175. The van der Waals surface area contributed by atoms with Crippen molar-refractivity contribution in [3.05, 3.63) is 48.0 Å². The Bertz CT molecular complexity index is 952. The number of fused-ring (bicyclic) bond motifs is 1. The molecule has 0 aromatic heterocycles. The van der Waals surface area contributed by atoms with Crippen molar-refractivity contribution in [3.8, 4) is 0 Å². The van der Waals surface area contributed by atoms with Crippen molar-refractivity contribution in [2.45, 2.75) is 24.8 Å². The molecule has 26 heavy (non-hydrogen) atoms. The van der Waals surface area contributed by atoms with Gasteiger partial charge in [0, 0.05) is 26.8 Å². The fourth-order valence-corrected chi connectivity index (χ4v) is 4.74. The highest BCUT2D eigenvalue weighted by molar-refractivity contribution is 7.93. The van der Waals surface area contributed by atoms with Gasteiger partial charge in [-0.25, -0.2) is 8.42 Å². The largest absolute Gasteiger partial charge is 0.378 e. The lowest BCUT2D eigenvalue weighted by molar-refractivity contribution is -0.119. The summed E-state index contributed by atoms with van der Waals surface area (Å²) in [5, 5.41) is 0. The molecule has 2 aromatic rings. The van der Waals surface area contributed by atoms with E-state index in [1.54, 1.807) is 50.4 Å². The highest BCUT2D eigenvalue weighted by atomic mass is 32.2. The van der Waals surface area contributed by atoms with E-state index in [0.29, 0.717) is 11.4 Å². The molecule has 0 radical (unpaired) electrons. The van der Waals surface area contributed by atoms with E-state index in [4.69, 9.17) is 0 Å². The summed E-state index contributed by atoms with van der Waals surface area (Å²) in [7, 11) is 1.58. The molecule has 0 aliphatic carbocycles. The van der Waals surface area contributed by atoms with Gasteiger partial charge in [0.25, 0.3) is 10.0 Å². The van der Waals surface area contributed by atoms with Crippen LogP contribution in [0.2, 0.25) is 0 Å². The molecule has 0 fully saturated rings. The lowest BCUT2D eigenvalue weighted by Crippen LogP contribution is -2.53. The average Bonchev–Trinajstić information content (AvgIpc) is 2.59. The van der Waals surface area contributed by atoms with Gasteiger partial charge in [0.2, 0.25) is 5.91 Å². The molecule has 0 saturated heterocycles. The van der Waals surface area contributed by atoms with Crippen LogP contribution in [0, 0.1) is 6.92 Å². The Hall–Kier alpha value is -2.54. The maximum absolute atomic E-state index is 13.3. The molecule has 7 heteroatoms. The normalized spacial score (nSPS) is 17.3. The van der Waals surface area contributed by atoms with Crippen LogP contribution in [0.4, 0.5) is 17.1 Å². The number of likely N-dealkylation sites (N-methyl/N-ethyl adjacent to an activating group) is 1. The van der Waals surface area contributed by atoms with Gasteiger partial charge in [-0.05, 0) is 44.2 Å². The van der Waals surface area contributed by atoms with Gasteiger partial charge in [0.05, 0.1) is 16.3 Å². The van der Waals surface area contributed by atoms with Gasteiger partial charge in [-0.1, -0.05) is 17.7 Å². The molecular formula is C19H23N3O3S. The van der Waals surface area contributed by atoms with Crippen LogP contribution in [-0.2, 0) is 14.8 Å². The first-order valence-electron chi connectivity index (χ1n) is 8.34. The monoisotopic (exact) mass is 373 g/mol. The van der Waals surface area contributed by atoms with Gasteiger partial charge in [-0.3, -0.25) is 9.10 Å². The van der Waals surface area contributed by atoms with Gasteiger partial charge in [-0.2, -0.15) is 0 Å². The number of aryl methyl sites for hydroxylation is 1. The second-order valence-corrected chi connectivity index (χ2v) is 8.57. The molecule has 3 rings (SSSR count). The molecule has 1 aliphatic rings. The highest BCUT2D eigenvalue weighted by Gasteiger charge is 2.41. The van der Waals surface area contributed by atoms with E-state index in [0.717, 1.165) is 11.3 Å². The first-order chi connectivity index (χ1) is 12.1. The van der Waals surface area contributed by atoms with Crippen molar-refractivity contribution >= 4 is 33.0 Å². The van der Waals surface area contributed by atoms with Crippen molar-refractivity contribution in [2.24, 2.45) is 0 Å². The second kappa shape index (κ2) is 6.32. The number of nitrogens with zero attached hydrogens (tertiary/aromatic N) is 3. The Morgan fingerprint density at radius 2 is 1.62 bits per heavy atom. The van der Waals surface area contributed by atoms with Crippen LogP contribution in [0.1, 0.15) is 12.5 Å². The average molecular weight is 373 g/mol. The van der Waals surface area contributed by atoms with E-state index in [9.17, 15) is 13.2 Å². The molecule has 0 unspecified atom stereocenters. The van der Waals surface area contributed by atoms with Gasteiger partial charge < -0.3 is 9.80 Å². The first kappa shape index (κ1) is 18.3. The molecule has 6 nitrogen and oxygen atoms in total. The molecule has 138 valence electrons. The minimum atomic E-state index is -3.87. The van der Waals surface area contributed by atoms with Crippen LogP contribution in [0.15, 0.2) is 47.4 Å². The predicted octanol–water partition coefficient (Wildman–Crippen LogP) is 2.62. The molecule has 1 aliphatic heterocycles. The fourth-order valence-electron chi connectivity index (χ4n) is 3.12. The van der Waals surface area contributed by atoms with Crippen molar-refractivity contribution in [3.63, 3.8) is 0 Å². The summed E-state index contributed by atoms with van der Waals surface area (Å²) in [4.78, 5) is 16.2. The number of sulfonamides is 1. The molecule has 0 saturated carbocycles. The number of hydrogen-bond donors (Lipinski definition) is 0. The second-order valence-electron chi connectivity index (χ2n) is 6.75. The van der Waals surface area contributed by atoms with Gasteiger partial charge >= 0.3 is 0 Å². The fraction of sp³-hybridized carbons (Fsp3) is 0.316. The van der Waals surface area contributed by atoms with Crippen molar-refractivity contribution in [1.82, 2.24) is 0 Å². The summed E-state index contributed by atoms with van der Waals surface area (Å²) in [6.45, 7) is 3.52. The van der Waals surface area contributed by atoms with Crippen LogP contribution >= 0.6 is 0 Å². The number of benzene rings is 2. The Balaban J connectivity index is 2.23. The number of hydrogen-bond acceptors (Lipinski definition) is 4. The maximum Gasteiger partial charge on any atom is 0.265 e. The zero-order valence-corrected chi connectivity index (χ0v) is 16.4. The minimum Gasteiger partial charge on any atom is -0.378 e. The van der Waals surface area contributed by atoms with Crippen molar-refractivity contribution in [2.75, 3.05) is 35.2 Å². The molecule has 0 bridgehead atoms. The van der Waals surface area contributed by atoms with Crippen LogP contribution in [0.25, 0.3) is 0 Å².